The van der Waals surface area contributed by atoms with Crippen molar-refractivity contribution in [3.8, 4) is 11.3 Å². The van der Waals surface area contributed by atoms with E-state index in [1.54, 1.807) is 6.07 Å². The average Bonchev–Trinajstić information content (AvgIpc) is 2.91. The van der Waals surface area contributed by atoms with Crippen LogP contribution in [0, 0.1) is 6.92 Å². The van der Waals surface area contributed by atoms with E-state index in [2.05, 4.69) is 22.2 Å². The van der Waals surface area contributed by atoms with Gasteiger partial charge in [0.25, 0.3) is 10.0 Å². The van der Waals surface area contributed by atoms with E-state index in [1.165, 1.54) is 27.8 Å². The zero-order valence-electron chi connectivity index (χ0n) is 20.5. The monoisotopic (exact) mass is 530 g/mol. The van der Waals surface area contributed by atoms with Crippen molar-refractivity contribution in [3.05, 3.63) is 95.7 Å². The number of nitrogens with zero attached hydrogens (tertiary/aromatic N) is 3. The average molecular weight is 531 g/mol. The molecule has 0 atom stereocenters. The molecule has 7 nitrogen and oxygen atoms in total. The summed E-state index contributed by atoms with van der Waals surface area (Å²) in [7, 11) is -3.88. The summed E-state index contributed by atoms with van der Waals surface area (Å²) < 4.78 is 28.7. The second kappa shape index (κ2) is 10.4. The number of anilines is 2. The number of benzene rings is 3. The number of carbonyl (C=O) groups is 1. The summed E-state index contributed by atoms with van der Waals surface area (Å²) in [6, 6.07) is 22.8. The lowest BCUT2D eigenvalue weighted by molar-refractivity contribution is -0.113. The summed E-state index contributed by atoms with van der Waals surface area (Å²) in [4.78, 5) is 21.4. The molecule has 0 bridgehead atoms. The Morgan fingerprint density at radius 2 is 1.68 bits per heavy atom. The molecule has 1 aromatic heterocycles. The van der Waals surface area contributed by atoms with Crippen LogP contribution in [-0.2, 0) is 27.8 Å². The fourth-order valence-corrected chi connectivity index (χ4v) is 6.30. The lowest BCUT2D eigenvalue weighted by Crippen LogP contribution is -2.34. The molecule has 188 valence electrons. The Bertz CT molecular complexity index is 1550. The van der Waals surface area contributed by atoms with Gasteiger partial charge in [-0.05, 0) is 42.7 Å². The van der Waals surface area contributed by atoms with Crippen molar-refractivity contribution in [2.24, 2.45) is 0 Å². The Balaban J connectivity index is 1.38. The van der Waals surface area contributed by atoms with Crippen molar-refractivity contribution in [1.29, 1.82) is 0 Å². The molecule has 4 aromatic rings. The second-order valence-electron chi connectivity index (χ2n) is 8.77. The molecule has 1 amide bonds. The number of aryl methyl sites for hydroxylation is 2. The van der Waals surface area contributed by atoms with E-state index in [9.17, 15) is 13.2 Å². The minimum absolute atomic E-state index is 0.0585. The maximum atomic E-state index is 13.6. The standard InChI is InChI=1S/C28H26N4O3S2/c1-3-20-12-14-22(15-13-20)30-26(33)18-36-28-29-16-25-27(31-28)23-6-4-5-7-24(23)32(37(25,34)35)17-21-10-8-19(2)9-11-21/h4-16H,3,17-18H2,1-2H3,(H,30,33). The molecule has 0 radical (unpaired) electrons. The van der Waals surface area contributed by atoms with E-state index < -0.39 is 10.0 Å². The fourth-order valence-electron chi connectivity index (χ4n) is 4.13. The maximum Gasteiger partial charge on any atom is 0.268 e. The third kappa shape index (κ3) is 5.23. The molecule has 37 heavy (non-hydrogen) atoms. The van der Waals surface area contributed by atoms with Gasteiger partial charge >= 0.3 is 0 Å². The topological polar surface area (TPSA) is 92.3 Å². The zero-order chi connectivity index (χ0) is 26.0. The van der Waals surface area contributed by atoms with Crippen molar-refractivity contribution in [2.45, 2.75) is 36.9 Å². The molecule has 1 aliphatic heterocycles. The van der Waals surface area contributed by atoms with Gasteiger partial charge in [0.2, 0.25) is 5.91 Å². The smallest absolute Gasteiger partial charge is 0.268 e. The van der Waals surface area contributed by atoms with Crippen LogP contribution in [0.4, 0.5) is 11.4 Å². The van der Waals surface area contributed by atoms with Crippen LogP contribution in [0.5, 0.6) is 0 Å². The first kappa shape index (κ1) is 25.0. The van der Waals surface area contributed by atoms with Crippen LogP contribution in [0.1, 0.15) is 23.6 Å². The highest BCUT2D eigenvalue weighted by atomic mass is 32.2. The van der Waals surface area contributed by atoms with E-state index in [-0.39, 0.29) is 23.1 Å². The number of carbonyl (C=O) groups excluding carboxylic acids is 1. The van der Waals surface area contributed by atoms with Crippen LogP contribution < -0.4 is 9.62 Å². The van der Waals surface area contributed by atoms with Gasteiger partial charge in [0.15, 0.2) is 5.16 Å². The van der Waals surface area contributed by atoms with Crippen LogP contribution in [0.25, 0.3) is 11.3 Å². The Kier molecular flexibility index (Phi) is 6.99. The van der Waals surface area contributed by atoms with Crippen LogP contribution in [0.15, 0.2) is 89.0 Å². The Morgan fingerprint density at radius 1 is 0.973 bits per heavy atom. The summed E-state index contributed by atoms with van der Waals surface area (Å²) in [6.07, 6.45) is 2.28. The molecule has 0 unspecified atom stereocenters. The minimum atomic E-state index is -3.88. The molecule has 5 rings (SSSR count). The van der Waals surface area contributed by atoms with E-state index in [0.717, 1.165) is 23.2 Å². The molecule has 0 saturated carbocycles. The normalized spacial score (nSPS) is 13.5. The molecule has 2 heterocycles. The Morgan fingerprint density at radius 3 is 2.41 bits per heavy atom. The van der Waals surface area contributed by atoms with Crippen molar-refractivity contribution in [1.82, 2.24) is 9.97 Å². The molecule has 1 aliphatic rings. The van der Waals surface area contributed by atoms with Crippen LogP contribution in [0.2, 0.25) is 0 Å². The number of para-hydroxylation sites is 1. The van der Waals surface area contributed by atoms with E-state index in [0.29, 0.717) is 22.1 Å². The first-order chi connectivity index (χ1) is 17.8. The molecule has 0 aliphatic carbocycles. The summed E-state index contributed by atoms with van der Waals surface area (Å²) >= 11 is 1.17. The molecule has 9 heteroatoms. The number of sulfonamides is 1. The van der Waals surface area contributed by atoms with Gasteiger partial charge in [-0.2, -0.15) is 0 Å². The lowest BCUT2D eigenvalue weighted by atomic mass is 10.1. The number of amides is 1. The number of thioether (sulfide) groups is 1. The molecule has 0 fully saturated rings. The zero-order valence-corrected chi connectivity index (χ0v) is 22.1. The third-order valence-corrected chi connectivity index (χ3v) is 8.78. The largest absolute Gasteiger partial charge is 0.325 e. The van der Waals surface area contributed by atoms with Crippen LogP contribution >= 0.6 is 11.8 Å². The number of hydrogen-bond acceptors (Lipinski definition) is 6. The van der Waals surface area contributed by atoms with Crippen molar-refractivity contribution in [3.63, 3.8) is 0 Å². The number of aromatic nitrogens is 2. The van der Waals surface area contributed by atoms with Crippen LogP contribution in [-0.4, -0.2) is 30.0 Å². The fraction of sp³-hybridized carbons (Fsp3) is 0.179. The van der Waals surface area contributed by atoms with E-state index in [4.69, 9.17) is 0 Å². The second-order valence-corrected chi connectivity index (χ2v) is 11.5. The SMILES string of the molecule is CCc1ccc(NC(=O)CSc2ncc3c(n2)-c2ccccc2N(Cc2ccc(C)cc2)S3(=O)=O)cc1. The predicted octanol–water partition coefficient (Wildman–Crippen LogP) is 5.45. The molecular weight excluding hydrogens is 504 g/mol. The maximum absolute atomic E-state index is 13.6. The summed E-state index contributed by atoms with van der Waals surface area (Å²) in [5, 5.41) is 3.21. The van der Waals surface area contributed by atoms with Gasteiger partial charge in [0, 0.05) is 11.3 Å². The highest BCUT2D eigenvalue weighted by Crippen LogP contribution is 2.42. The Labute approximate surface area is 221 Å². The van der Waals surface area contributed by atoms with Gasteiger partial charge in [-0.25, -0.2) is 18.4 Å². The summed E-state index contributed by atoms with van der Waals surface area (Å²) in [6.45, 7) is 4.27. The van der Waals surface area contributed by atoms with Gasteiger partial charge in [0.05, 0.1) is 29.9 Å². The quantitative estimate of drug-likeness (QED) is 0.252. The summed E-state index contributed by atoms with van der Waals surface area (Å²) in [5.41, 5.74) is 5.55. The minimum Gasteiger partial charge on any atom is -0.325 e. The highest BCUT2D eigenvalue weighted by molar-refractivity contribution is 7.99. The van der Waals surface area contributed by atoms with E-state index in [1.807, 2.05) is 73.7 Å². The van der Waals surface area contributed by atoms with Gasteiger partial charge in [-0.15, -0.1) is 0 Å². The molecular formula is C28H26N4O3S2. The number of rotatable bonds is 7. The number of fused-ring (bicyclic) bond motifs is 3. The van der Waals surface area contributed by atoms with Gasteiger partial charge < -0.3 is 5.32 Å². The predicted molar refractivity (Wildman–Crippen MR) is 147 cm³/mol. The van der Waals surface area contributed by atoms with Gasteiger partial charge in [-0.3, -0.25) is 9.10 Å². The van der Waals surface area contributed by atoms with Crippen LogP contribution in [0.3, 0.4) is 0 Å². The highest BCUT2D eigenvalue weighted by Gasteiger charge is 2.36. The first-order valence-corrected chi connectivity index (χ1v) is 14.3. The third-order valence-electron chi connectivity index (χ3n) is 6.15. The van der Waals surface area contributed by atoms with Crippen molar-refractivity contribution in [2.75, 3.05) is 15.4 Å². The first-order valence-electron chi connectivity index (χ1n) is 11.9. The van der Waals surface area contributed by atoms with Crippen molar-refractivity contribution >= 4 is 39.1 Å². The van der Waals surface area contributed by atoms with E-state index >= 15 is 0 Å². The van der Waals surface area contributed by atoms with Gasteiger partial charge in [-0.1, -0.05) is 78.8 Å². The Hall–Kier alpha value is -3.69. The molecule has 0 saturated heterocycles. The molecule has 1 N–H and O–H groups in total. The molecule has 0 spiro atoms. The number of nitrogens with one attached hydrogen (secondary N) is 1. The lowest BCUT2D eigenvalue weighted by Gasteiger charge is -2.31. The number of hydrogen-bond donors (Lipinski definition) is 1. The summed E-state index contributed by atoms with van der Waals surface area (Å²) in [5.74, 6) is -0.0877. The van der Waals surface area contributed by atoms with Crippen molar-refractivity contribution < 1.29 is 13.2 Å². The van der Waals surface area contributed by atoms with Gasteiger partial charge in [0.1, 0.15) is 4.90 Å². The molecule has 3 aromatic carbocycles.